The molecule has 7 heteroatoms. The molecule has 1 aliphatic rings. The highest BCUT2D eigenvalue weighted by atomic mass is 19.4. The summed E-state index contributed by atoms with van der Waals surface area (Å²) in [6, 6.07) is 1.91. The van der Waals surface area contributed by atoms with Crippen molar-refractivity contribution < 1.29 is 32.5 Å². The molecule has 0 radical (unpaired) electrons. The second-order valence-corrected chi connectivity index (χ2v) is 3.70. The molecule has 0 fully saturated rings. The first-order valence-electron chi connectivity index (χ1n) is 5.10. The molecule has 1 aromatic rings. The second kappa shape index (κ2) is 4.40. The Labute approximate surface area is 99.9 Å². The van der Waals surface area contributed by atoms with Crippen LogP contribution in [0.4, 0.5) is 13.2 Å². The fourth-order valence-corrected chi connectivity index (χ4v) is 1.72. The van der Waals surface area contributed by atoms with Crippen LogP contribution < -0.4 is 9.47 Å². The van der Waals surface area contributed by atoms with Crippen molar-refractivity contribution in [1.29, 1.82) is 0 Å². The molecule has 0 amide bonds. The van der Waals surface area contributed by atoms with Gasteiger partial charge in [0.25, 0.3) is 0 Å². The Morgan fingerprint density at radius 1 is 1.22 bits per heavy atom. The standard InChI is InChI=1S/C11H9F3O4/c12-11(13,14)7-2-1-6(5-8(15)16)9-10(7)18-4-3-17-9/h1-2H,3-5H2,(H,15,16). The molecule has 2 rings (SSSR count). The number of carboxylic acids is 1. The zero-order chi connectivity index (χ0) is 13.3. The normalized spacial score (nSPS) is 14.4. The summed E-state index contributed by atoms with van der Waals surface area (Å²) in [5.41, 5.74) is -0.781. The molecule has 0 saturated heterocycles. The minimum Gasteiger partial charge on any atom is -0.486 e. The summed E-state index contributed by atoms with van der Waals surface area (Å²) in [4.78, 5) is 10.6. The average molecular weight is 262 g/mol. The van der Waals surface area contributed by atoms with Crippen molar-refractivity contribution in [3.63, 3.8) is 0 Å². The van der Waals surface area contributed by atoms with Crippen LogP contribution in [0.3, 0.4) is 0 Å². The number of carbonyl (C=O) groups is 1. The van der Waals surface area contributed by atoms with Crippen molar-refractivity contribution in [3.8, 4) is 11.5 Å². The molecule has 1 heterocycles. The monoisotopic (exact) mass is 262 g/mol. The van der Waals surface area contributed by atoms with Crippen molar-refractivity contribution in [1.82, 2.24) is 0 Å². The Balaban J connectivity index is 2.52. The van der Waals surface area contributed by atoms with Crippen LogP contribution >= 0.6 is 0 Å². The lowest BCUT2D eigenvalue weighted by atomic mass is 10.0. The zero-order valence-corrected chi connectivity index (χ0v) is 9.08. The van der Waals surface area contributed by atoms with E-state index in [4.69, 9.17) is 14.6 Å². The van der Waals surface area contributed by atoms with E-state index in [9.17, 15) is 18.0 Å². The molecule has 0 atom stereocenters. The van der Waals surface area contributed by atoms with Crippen LogP contribution in [0.5, 0.6) is 11.5 Å². The molecule has 98 valence electrons. The Kier molecular flexibility index (Phi) is 3.06. The van der Waals surface area contributed by atoms with Crippen LogP contribution in [-0.4, -0.2) is 24.3 Å². The summed E-state index contributed by atoms with van der Waals surface area (Å²) in [5, 5.41) is 8.68. The second-order valence-electron chi connectivity index (χ2n) is 3.70. The Morgan fingerprint density at radius 3 is 2.39 bits per heavy atom. The summed E-state index contributed by atoms with van der Waals surface area (Å²) in [6.07, 6.45) is -4.98. The van der Waals surface area contributed by atoms with Gasteiger partial charge in [0.2, 0.25) is 0 Å². The summed E-state index contributed by atoms with van der Waals surface area (Å²) in [7, 11) is 0. The summed E-state index contributed by atoms with van der Waals surface area (Å²) in [6.45, 7) is 0.105. The number of benzene rings is 1. The number of hydrogen-bond acceptors (Lipinski definition) is 3. The molecule has 0 unspecified atom stereocenters. The first-order valence-corrected chi connectivity index (χ1v) is 5.10. The van der Waals surface area contributed by atoms with Gasteiger partial charge in [-0.05, 0) is 6.07 Å². The van der Waals surface area contributed by atoms with Gasteiger partial charge in [-0.2, -0.15) is 13.2 Å². The Bertz CT molecular complexity index is 482. The number of ether oxygens (including phenoxy) is 2. The van der Waals surface area contributed by atoms with Gasteiger partial charge in [-0.15, -0.1) is 0 Å². The van der Waals surface area contributed by atoms with E-state index in [2.05, 4.69) is 0 Å². The SMILES string of the molecule is O=C(O)Cc1ccc(C(F)(F)F)c2c1OCCO2. The van der Waals surface area contributed by atoms with Gasteiger partial charge in [-0.25, -0.2) is 0 Å². The number of carboxylic acid groups (broad SMARTS) is 1. The van der Waals surface area contributed by atoms with Crippen molar-refractivity contribution >= 4 is 5.97 Å². The van der Waals surface area contributed by atoms with E-state index in [1.165, 1.54) is 0 Å². The van der Waals surface area contributed by atoms with E-state index >= 15 is 0 Å². The molecular formula is C11H9F3O4. The highest BCUT2D eigenvalue weighted by Crippen LogP contribution is 2.44. The van der Waals surface area contributed by atoms with Gasteiger partial charge < -0.3 is 14.6 Å². The molecule has 0 aliphatic carbocycles. The van der Waals surface area contributed by atoms with Crippen molar-refractivity contribution in [2.24, 2.45) is 0 Å². The molecule has 4 nitrogen and oxygen atoms in total. The minimum absolute atomic E-state index is 0.00655. The molecule has 18 heavy (non-hydrogen) atoms. The van der Waals surface area contributed by atoms with Gasteiger partial charge >= 0.3 is 12.1 Å². The molecule has 0 spiro atoms. The van der Waals surface area contributed by atoms with Crippen molar-refractivity contribution in [2.45, 2.75) is 12.6 Å². The molecule has 0 bridgehead atoms. The fourth-order valence-electron chi connectivity index (χ4n) is 1.72. The van der Waals surface area contributed by atoms with E-state index in [1.807, 2.05) is 0 Å². The van der Waals surface area contributed by atoms with Crippen LogP contribution in [0.1, 0.15) is 11.1 Å². The van der Waals surface area contributed by atoms with Crippen molar-refractivity contribution in [3.05, 3.63) is 23.3 Å². The van der Waals surface area contributed by atoms with E-state index in [-0.39, 0.29) is 24.5 Å². The van der Waals surface area contributed by atoms with Gasteiger partial charge in [0.15, 0.2) is 11.5 Å². The third kappa shape index (κ3) is 2.34. The van der Waals surface area contributed by atoms with Crippen LogP contribution in [-0.2, 0) is 17.4 Å². The fraction of sp³-hybridized carbons (Fsp3) is 0.364. The average Bonchev–Trinajstić information content (AvgIpc) is 2.27. The molecular weight excluding hydrogens is 253 g/mol. The van der Waals surface area contributed by atoms with E-state index in [0.29, 0.717) is 0 Å². The van der Waals surface area contributed by atoms with Crippen molar-refractivity contribution in [2.75, 3.05) is 13.2 Å². The largest absolute Gasteiger partial charge is 0.486 e. The first kappa shape index (κ1) is 12.5. The molecule has 1 N–H and O–H groups in total. The highest BCUT2D eigenvalue weighted by Gasteiger charge is 2.37. The van der Waals surface area contributed by atoms with Crippen LogP contribution in [0, 0.1) is 0 Å². The maximum Gasteiger partial charge on any atom is 0.420 e. The minimum atomic E-state index is -4.56. The topological polar surface area (TPSA) is 55.8 Å². The lowest BCUT2D eigenvalue weighted by Crippen LogP contribution is -2.21. The van der Waals surface area contributed by atoms with Gasteiger partial charge in [0.05, 0.1) is 6.42 Å². The van der Waals surface area contributed by atoms with Crippen LogP contribution in [0.2, 0.25) is 0 Å². The van der Waals surface area contributed by atoms with Crippen LogP contribution in [0.15, 0.2) is 12.1 Å². The lowest BCUT2D eigenvalue weighted by Gasteiger charge is -2.24. The maximum atomic E-state index is 12.7. The molecule has 1 aliphatic heterocycles. The Morgan fingerprint density at radius 2 is 1.83 bits per heavy atom. The summed E-state index contributed by atoms with van der Waals surface area (Å²) in [5.74, 6) is -1.70. The molecule has 0 saturated carbocycles. The molecule has 1 aromatic carbocycles. The Hall–Kier alpha value is -1.92. The van der Waals surface area contributed by atoms with Crippen LogP contribution in [0.25, 0.3) is 0 Å². The van der Waals surface area contributed by atoms with Gasteiger partial charge in [0, 0.05) is 5.56 Å². The lowest BCUT2D eigenvalue weighted by molar-refractivity contribution is -0.139. The van der Waals surface area contributed by atoms with E-state index in [0.717, 1.165) is 12.1 Å². The number of rotatable bonds is 2. The van der Waals surface area contributed by atoms with Gasteiger partial charge in [0.1, 0.15) is 18.8 Å². The predicted molar refractivity (Wildman–Crippen MR) is 53.8 cm³/mol. The molecule has 0 aromatic heterocycles. The maximum absolute atomic E-state index is 12.7. The number of fused-ring (bicyclic) bond motifs is 1. The number of alkyl halides is 3. The first-order chi connectivity index (χ1) is 8.39. The van der Waals surface area contributed by atoms with Gasteiger partial charge in [-0.3, -0.25) is 4.79 Å². The number of halogens is 3. The summed E-state index contributed by atoms with van der Waals surface area (Å²) < 4.78 is 48.2. The third-order valence-corrected chi connectivity index (χ3v) is 2.42. The zero-order valence-electron chi connectivity index (χ0n) is 9.08. The smallest absolute Gasteiger partial charge is 0.420 e. The quantitative estimate of drug-likeness (QED) is 0.886. The van der Waals surface area contributed by atoms with Gasteiger partial charge in [-0.1, -0.05) is 6.07 Å². The number of aliphatic carboxylic acids is 1. The van der Waals surface area contributed by atoms with E-state index < -0.39 is 29.9 Å². The number of hydrogen-bond donors (Lipinski definition) is 1. The predicted octanol–water partition coefficient (Wildman–Crippen LogP) is 2.10. The van der Waals surface area contributed by atoms with E-state index in [1.54, 1.807) is 0 Å². The third-order valence-electron chi connectivity index (χ3n) is 2.42. The summed E-state index contributed by atoms with van der Waals surface area (Å²) >= 11 is 0. The highest BCUT2D eigenvalue weighted by molar-refractivity contribution is 5.72.